The van der Waals surface area contributed by atoms with E-state index < -0.39 is 43.7 Å². The predicted octanol–water partition coefficient (Wildman–Crippen LogP) is -0.204. The lowest BCUT2D eigenvalue weighted by molar-refractivity contribution is -0.386. The zero-order valence-electron chi connectivity index (χ0n) is 10.5. The molecular weight excluding hydrogens is 290 g/mol. The highest BCUT2D eigenvalue weighted by atomic mass is 32.2. The van der Waals surface area contributed by atoms with Crippen LogP contribution in [-0.4, -0.2) is 41.7 Å². The molecular formula is C10H13N3O6S. The first-order valence-electron chi connectivity index (χ1n) is 5.46. The van der Waals surface area contributed by atoms with Gasteiger partial charge in [0.2, 0.25) is 15.9 Å². The van der Waals surface area contributed by atoms with E-state index in [0.29, 0.717) is 0 Å². The minimum Gasteiger partial charge on any atom is -0.502 e. The van der Waals surface area contributed by atoms with Crippen LogP contribution < -0.4 is 5.73 Å². The van der Waals surface area contributed by atoms with Crippen molar-refractivity contribution in [1.29, 1.82) is 0 Å². The number of phenolic OH excluding ortho intramolecular Hbond substituents is 1. The smallest absolute Gasteiger partial charge is 0.312 e. The van der Waals surface area contributed by atoms with Crippen LogP contribution in [0.15, 0.2) is 23.1 Å². The van der Waals surface area contributed by atoms with Gasteiger partial charge < -0.3 is 10.8 Å². The van der Waals surface area contributed by atoms with Crippen LogP contribution >= 0.6 is 0 Å². The van der Waals surface area contributed by atoms with Crippen molar-refractivity contribution in [3.05, 3.63) is 28.3 Å². The quantitative estimate of drug-likeness (QED) is 0.550. The highest BCUT2D eigenvalue weighted by molar-refractivity contribution is 7.89. The number of amides is 1. The molecule has 0 heterocycles. The molecule has 0 aliphatic rings. The summed E-state index contributed by atoms with van der Waals surface area (Å²) in [5, 5.41) is 20.0. The maximum atomic E-state index is 12.2. The molecule has 1 aromatic carbocycles. The Labute approximate surface area is 114 Å². The number of primary amides is 1. The zero-order chi connectivity index (χ0) is 15.5. The van der Waals surface area contributed by atoms with Crippen LogP contribution in [0, 0.1) is 10.1 Å². The Morgan fingerprint density at radius 1 is 1.50 bits per heavy atom. The molecule has 9 nitrogen and oxygen atoms in total. The van der Waals surface area contributed by atoms with E-state index in [1.807, 2.05) is 0 Å². The van der Waals surface area contributed by atoms with Crippen molar-refractivity contribution in [2.75, 3.05) is 13.1 Å². The third-order valence-corrected chi connectivity index (χ3v) is 4.38. The summed E-state index contributed by atoms with van der Waals surface area (Å²) in [4.78, 5) is 20.2. The first kappa shape index (κ1) is 15.9. The average molecular weight is 303 g/mol. The molecule has 0 saturated carbocycles. The molecule has 20 heavy (non-hydrogen) atoms. The summed E-state index contributed by atoms with van der Waals surface area (Å²) in [5.74, 6) is -1.49. The molecule has 1 aromatic rings. The Kier molecular flexibility index (Phi) is 4.63. The Bertz CT molecular complexity index is 642. The molecule has 10 heteroatoms. The molecule has 0 aliphatic heterocycles. The molecule has 0 aliphatic carbocycles. The van der Waals surface area contributed by atoms with Gasteiger partial charge in [0.15, 0.2) is 5.75 Å². The number of nitrogens with zero attached hydrogens (tertiary/aromatic N) is 2. The van der Waals surface area contributed by atoms with E-state index >= 15 is 0 Å². The van der Waals surface area contributed by atoms with Crippen LogP contribution in [0.4, 0.5) is 5.69 Å². The van der Waals surface area contributed by atoms with Crippen molar-refractivity contribution < 1.29 is 23.2 Å². The van der Waals surface area contributed by atoms with Crippen molar-refractivity contribution in [1.82, 2.24) is 4.31 Å². The minimum absolute atomic E-state index is 0.0278. The van der Waals surface area contributed by atoms with Gasteiger partial charge in [-0.3, -0.25) is 14.9 Å². The monoisotopic (exact) mass is 303 g/mol. The van der Waals surface area contributed by atoms with Gasteiger partial charge in [-0.05, 0) is 12.1 Å². The van der Waals surface area contributed by atoms with Crippen LogP contribution in [0.25, 0.3) is 0 Å². The van der Waals surface area contributed by atoms with E-state index in [4.69, 9.17) is 5.73 Å². The molecule has 1 amide bonds. The molecule has 1 rings (SSSR count). The van der Waals surface area contributed by atoms with Gasteiger partial charge in [0.25, 0.3) is 0 Å². The molecule has 0 aromatic heterocycles. The predicted molar refractivity (Wildman–Crippen MR) is 68.4 cm³/mol. The fourth-order valence-corrected chi connectivity index (χ4v) is 2.94. The summed E-state index contributed by atoms with van der Waals surface area (Å²) in [7, 11) is -4.10. The standard InChI is InChI=1S/C10H13N3O6S/c1-2-12(6-10(11)15)20(18,19)7-3-4-9(14)8(5-7)13(16)17/h3-5,14H,2,6H2,1H3,(H2,11,15). The number of phenols is 1. The van der Waals surface area contributed by atoms with E-state index in [2.05, 4.69) is 0 Å². The van der Waals surface area contributed by atoms with E-state index in [1.165, 1.54) is 6.92 Å². The van der Waals surface area contributed by atoms with Gasteiger partial charge >= 0.3 is 5.69 Å². The van der Waals surface area contributed by atoms with Crippen molar-refractivity contribution in [2.45, 2.75) is 11.8 Å². The molecule has 0 bridgehead atoms. The van der Waals surface area contributed by atoms with Crippen LogP contribution in [0.5, 0.6) is 5.75 Å². The SMILES string of the molecule is CCN(CC(N)=O)S(=O)(=O)c1ccc(O)c([N+](=O)[O-])c1. The Hall–Kier alpha value is -2.20. The number of hydrogen-bond acceptors (Lipinski definition) is 6. The molecule has 0 radical (unpaired) electrons. The molecule has 0 unspecified atom stereocenters. The fraction of sp³-hybridized carbons (Fsp3) is 0.300. The zero-order valence-corrected chi connectivity index (χ0v) is 11.3. The summed E-state index contributed by atoms with van der Waals surface area (Å²) in [5.41, 5.74) is 4.22. The number of nitro benzene ring substituents is 1. The largest absolute Gasteiger partial charge is 0.502 e. The lowest BCUT2D eigenvalue weighted by Gasteiger charge is -2.18. The maximum Gasteiger partial charge on any atom is 0.312 e. The summed E-state index contributed by atoms with van der Waals surface area (Å²) < 4.78 is 25.2. The first-order chi connectivity index (χ1) is 9.20. The number of carbonyl (C=O) groups excluding carboxylic acids is 1. The van der Waals surface area contributed by atoms with Crippen LogP contribution in [0.1, 0.15) is 6.92 Å². The van der Waals surface area contributed by atoms with Gasteiger partial charge in [0.1, 0.15) is 0 Å². The van der Waals surface area contributed by atoms with Crippen molar-refractivity contribution in [3.63, 3.8) is 0 Å². The highest BCUT2D eigenvalue weighted by Crippen LogP contribution is 2.29. The number of nitro groups is 1. The molecule has 0 fully saturated rings. The topological polar surface area (TPSA) is 144 Å². The Morgan fingerprint density at radius 3 is 2.55 bits per heavy atom. The second-order valence-electron chi connectivity index (χ2n) is 3.81. The van der Waals surface area contributed by atoms with Crippen molar-refractivity contribution >= 4 is 21.6 Å². The van der Waals surface area contributed by atoms with Gasteiger partial charge in [0.05, 0.1) is 16.4 Å². The summed E-state index contributed by atoms with van der Waals surface area (Å²) in [6, 6.07) is 2.65. The summed E-state index contributed by atoms with van der Waals surface area (Å²) in [6.07, 6.45) is 0. The van der Waals surface area contributed by atoms with Crippen molar-refractivity contribution in [3.8, 4) is 5.75 Å². The molecule has 3 N–H and O–H groups in total. The maximum absolute atomic E-state index is 12.2. The van der Waals surface area contributed by atoms with Gasteiger partial charge in [-0.15, -0.1) is 0 Å². The lowest BCUT2D eigenvalue weighted by Crippen LogP contribution is -2.38. The number of sulfonamides is 1. The van der Waals surface area contributed by atoms with Gasteiger partial charge in [-0.1, -0.05) is 6.92 Å². The summed E-state index contributed by atoms with van der Waals surface area (Å²) in [6.45, 7) is 0.933. The van der Waals surface area contributed by atoms with Gasteiger partial charge in [-0.25, -0.2) is 8.42 Å². The van der Waals surface area contributed by atoms with E-state index in [-0.39, 0.29) is 6.54 Å². The molecule has 0 saturated heterocycles. The lowest BCUT2D eigenvalue weighted by atomic mass is 10.3. The number of nitrogens with two attached hydrogens (primary N) is 1. The molecule has 110 valence electrons. The van der Waals surface area contributed by atoms with Crippen LogP contribution in [0.2, 0.25) is 0 Å². The number of hydrogen-bond donors (Lipinski definition) is 2. The number of carbonyl (C=O) groups is 1. The van der Waals surface area contributed by atoms with Crippen LogP contribution in [0.3, 0.4) is 0 Å². The fourth-order valence-electron chi connectivity index (χ4n) is 1.50. The van der Waals surface area contributed by atoms with E-state index in [1.54, 1.807) is 0 Å². The molecule has 0 atom stereocenters. The van der Waals surface area contributed by atoms with Crippen molar-refractivity contribution in [2.24, 2.45) is 5.73 Å². The van der Waals surface area contributed by atoms with E-state index in [9.17, 15) is 28.4 Å². The normalized spacial score (nSPS) is 11.5. The van der Waals surface area contributed by atoms with Crippen LogP contribution in [-0.2, 0) is 14.8 Å². The Morgan fingerprint density at radius 2 is 2.10 bits per heavy atom. The number of benzene rings is 1. The number of rotatable bonds is 6. The number of aromatic hydroxyl groups is 1. The second kappa shape index (κ2) is 5.84. The Balaban J connectivity index is 3.31. The first-order valence-corrected chi connectivity index (χ1v) is 6.90. The number of likely N-dealkylation sites (N-methyl/N-ethyl adjacent to an activating group) is 1. The second-order valence-corrected chi connectivity index (χ2v) is 5.74. The third-order valence-electron chi connectivity index (χ3n) is 2.47. The van der Waals surface area contributed by atoms with Gasteiger partial charge in [-0.2, -0.15) is 4.31 Å². The third kappa shape index (κ3) is 3.22. The van der Waals surface area contributed by atoms with E-state index in [0.717, 1.165) is 22.5 Å². The van der Waals surface area contributed by atoms with Gasteiger partial charge in [0, 0.05) is 12.6 Å². The highest BCUT2D eigenvalue weighted by Gasteiger charge is 2.27. The summed E-state index contributed by atoms with van der Waals surface area (Å²) >= 11 is 0. The minimum atomic E-state index is -4.10. The molecule has 0 spiro atoms. The average Bonchev–Trinajstić information content (AvgIpc) is 2.35.